The number of fused-ring (bicyclic) bond motifs is 1. The minimum absolute atomic E-state index is 0.133. The Morgan fingerprint density at radius 2 is 2.00 bits per heavy atom. The summed E-state index contributed by atoms with van der Waals surface area (Å²) in [5, 5.41) is 0. The Labute approximate surface area is 146 Å². The first-order chi connectivity index (χ1) is 12.2. The molecule has 1 aromatic heterocycles. The average Bonchev–Trinajstić information content (AvgIpc) is 3.10. The smallest absolute Gasteiger partial charge is 0.461 e. The molecule has 0 fully saturated rings. The van der Waals surface area contributed by atoms with Crippen LogP contribution >= 0.6 is 0 Å². The lowest BCUT2D eigenvalue weighted by molar-refractivity contribution is -0.274. The Balaban J connectivity index is 2.06. The summed E-state index contributed by atoms with van der Waals surface area (Å²) in [6.45, 7) is 1.80. The maximum absolute atomic E-state index is 12.7. The van der Waals surface area contributed by atoms with Crippen LogP contribution in [0.4, 0.5) is 18.9 Å². The molecular formula is C17H15F3N2O4. The summed E-state index contributed by atoms with van der Waals surface area (Å²) in [5.74, 6) is -1.44. The van der Waals surface area contributed by atoms with Crippen molar-refractivity contribution >= 4 is 17.6 Å². The van der Waals surface area contributed by atoms with E-state index in [0.29, 0.717) is 11.3 Å². The van der Waals surface area contributed by atoms with Gasteiger partial charge in [0.05, 0.1) is 6.61 Å². The van der Waals surface area contributed by atoms with Crippen molar-refractivity contribution in [3.8, 4) is 5.75 Å². The number of benzene rings is 1. The van der Waals surface area contributed by atoms with E-state index >= 15 is 0 Å². The normalized spacial score (nSPS) is 16.6. The number of anilines is 1. The van der Waals surface area contributed by atoms with Crippen molar-refractivity contribution in [2.75, 3.05) is 18.6 Å². The number of esters is 1. The van der Waals surface area contributed by atoms with Gasteiger partial charge in [-0.15, -0.1) is 13.2 Å². The fraction of sp³-hybridized carbons (Fsp3) is 0.294. The SMILES string of the molecule is CCOC(=O)c1cccn1C1C(=O)N(C)c2ccc(OC(F)(F)F)cc21. The third kappa shape index (κ3) is 3.12. The Hall–Kier alpha value is -2.97. The van der Waals surface area contributed by atoms with Crippen LogP contribution in [0, 0.1) is 0 Å². The fourth-order valence-corrected chi connectivity index (χ4v) is 2.96. The van der Waals surface area contributed by atoms with Gasteiger partial charge in [0.2, 0.25) is 0 Å². The number of aromatic nitrogens is 1. The van der Waals surface area contributed by atoms with E-state index in [1.807, 2.05) is 0 Å². The Morgan fingerprint density at radius 1 is 1.27 bits per heavy atom. The van der Waals surface area contributed by atoms with E-state index in [9.17, 15) is 22.8 Å². The third-order valence-electron chi connectivity index (χ3n) is 3.99. The standard InChI is InChI=1S/C17H15F3N2O4/c1-3-25-16(24)13-5-4-8-22(13)14-11-9-10(26-17(18,19)20)6-7-12(11)21(2)15(14)23/h4-9,14H,3H2,1-2H3. The average molecular weight is 368 g/mol. The number of ether oxygens (including phenoxy) is 2. The zero-order valence-electron chi connectivity index (χ0n) is 13.9. The molecule has 9 heteroatoms. The van der Waals surface area contributed by atoms with Crippen molar-refractivity contribution in [3.05, 3.63) is 47.8 Å². The van der Waals surface area contributed by atoms with Crippen molar-refractivity contribution in [1.82, 2.24) is 4.57 Å². The number of amides is 1. The topological polar surface area (TPSA) is 60.8 Å². The highest BCUT2D eigenvalue weighted by atomic mass is 19.4. The van der Waals surface area contributed by atoms with Crippen LogP contribution < -0.4 is 9.64 Å². The maximum atomic E-state index is 12.7. The molecule has 1 atom stereocenters. The number of nitrogens with zero attached hydrogens (tertiary/aromatic N) is 2. The van der Waals surface area contributed by atoms with Crippen LogP contribution in [0.2, 0.25) is 0 Å². The number of carbonyl (C=O) groups excluding carboxylic acids is 2. The number of rotatable bonds is 4. The first-order valence-electron chi connectivity index (χ1n) is 7.74. The van der Waals surface area contributed by atoms with Gasteiger partial charge < -0.3 is 18.9 Å². The van der Waals surface area contributed by atoms with E-state index in [2.05, 4.69) is 4.74 Å². The second-order valence-electron chi connectivity index (χ2n) is 5.59. The first kappa shape index (κ1) is 17.8. The molecule has 2 heterocycles. The highest BCUT2D eigenvalue weighted by Crippen LogP contribution is 2.41. The molecule has 0 N–H and O–H groups in total. The Morgan fingerprint density at radius 3 is 2.65 bits per heavy atom. The third-order valence-corrected chi connectivity index (χ3v) is 3.99. The highest BCUT2D eigenvalue weighted by molar-refractivity contribution is 6.05. The molecular weight excluding hydrogens is 353 g/mol. The molecule has 0 bridgehead atoms. The van der Waals surface area contributed by atoms with Crippen LogP contribution in [0.25, 0.3) is 0 Å². The van der Waals surface area contributed by atoms with Gasteiger partial charge in [0.25, 0.3) is 5.91 Å². The number of halogens is 3. The van der Waals surface area contributed by atoms with Crippen LogP contribution in [-0.2, 0) is 9.53 Å². The summed E-state index contributed by atoms with van der Waals surface area (Å²) in [5.41, 5.74) is 0.882. The van der Waals surface area contributed by atoms with Gasteiger partial charge in [0.15, 0.2) is 0 Å². The monoisotopic (exact) mass is 368 g/mol. The van der Waals surface area contributed by atoms with Gasteiger partial charge in [0.1, 0.15) is 17.5 Å². The summed E-state index contributed by atoms with van der Waals surface area (Å²) >= 11 is 0. The molecule has 1 amide bonds. The molecule has 0 radical (unpaired) electrons. The molecule has 138 valence electrons. The largest absolute Gasteiger partial charge is 0.573 e. The minimum Gasteiger partial charge on any atom is -0.461 e. The molecule has 0 saturated heterocycles. The van der Waals surface area contributed by atoms with Gasteiger partial charge in [-0.2, -0.15) is 0 Å². The molecule has 1 unspecified atom stereocenters. The predicted octanol–water partition coefficient (Wildman–Crippen LogP) is 3.13. The Kier molecular flexibility index (Phi) is 4.39. The lowest BCUT2D eigenvalue weighted by atomic mass is 10.1. The molecule has 0 saturated carbocycles. The number of hydrogen-bond donors (Lipinski definition) is 0. The van der Waals surface area contributed by atoms with E-state index in [4.69, 9.17) is 4.74 Å². The van der Waals surface area contributed by atoms with E-state index in [0.717, 1.165) is 12.1 Å². The summed E-state index contributed by atoms with van der Waals surface area (Å²) in [6.07, 6.45) is -3.34. The van der Waals surface area contributed by atoms with Gasteiger partial charge in [-0.05, 0) is 37.3 Å². The quantitative estimate of drug-likeness (QED) is 0.778. The summed E-state index contributed by atoms with van der Waals surface area (Å²) in [7, 11) is 1.51. The molecule has 1 aliphatic heterocycles. The van der Waals surface area contributed by atoms with Crippen molar-refractivity contribution in [2.24, 2.45) is 0 Å². The predicted molar refractivity (Wildman–Crippen MR) is 85.1 cm³/mol. The zero-order valence-corrected chi connectivity index (χ0v) is 13.9. The van der Waals surface area contributed by atoms with Crippen LogP contribution in [0.3, 0.4) is 0 Å². The number of carbonyl (C=O) groups is 2. The molecule has 6 nitrogen and oxygen atoms in total. The first-order valence-corrected chi connectivity index (χ1v) is 7.74. The molecule has 1 aliphatic rings. The zero-order chi connectivity index (χ0) is 19.1. The van der Waals surface area contributed by atoms with Gasteiger partial charge in [-0.1, -0.05) is 0 Å². The maximum Gasteiger partial charge on any atom is 0.573 e. The number of likely N-dealkylation sites (N-methyl/N-ethyl adjacent to an activating group) is 1. The van der Waals surface area contributed by atoms with Gasteiger partial charge in [0, 0.05) is 24.5 Å². The second kappa shape index (κ2) is 6.40. The van der Waals surface area contributed by atoms with E-state index < -0.39 is 24.1 Å². The van der Waals surface area contributed by atoms with E-state index in [1.165, 1.54) is 34.8 Å². The van der Waals surface area contributed by atoms with Crippen molar-refractivity contribution in [1.29, 1.82) is 0 Å². The van der Waals surface area contributed by atoms with Crippen LogP contribution in [0.1, 0.15) is 29.0 Å². The van der Waals surface area contributed by atoms with Gasteiger partial charge in [-0.25, -0.2) is 4.79 Å². The molecule has 0 spiro atoms. The van der Waals surface area contributed by atoms with E-state index in [-0.39, 0.29) is 18.2 Å². The molecule has 1 aromatic carbocycles. The highest BCUT2D eigenvalue weighted by Gasteiger charge is 2.39. The number of alkyl halides is 3. The molecule has 26 heavy (non-hydrogen) atoms. The summed E-state index contributed by atoms with van der Waals surface area (Å²) in [6, 6.07) is 5.74. The fourth-order valence-electron chi connectivity index (χ4n) is 2.96. The van der Waals surface area contributed by atoms with Crippen LogP contribution in [0.5, 0.6) is 5.75 Å². The minimum atomic E-state index is -4.85. The molecule has 3 rings (SSSR count). The van der Waals surface area contributed by atoms with Crippen LogP contribution in [-0.4, -0.2) is 36.5 Å². The molecule has 2 aromatic rings. The summed E-state index contributed by atoms with van der Waals surface area (Å²) in [4.78, 5) is 26.1. The van der Waals surface area contributed by atoms with Crippen LogP contribution in [0.15, 0.2) is 36.5 Å². The van der Waals surface area contributed by atoms with E-state index in [1.54, 1.807) is 13.0 Å². The lowest BCUT2D eigenvalue weighted by Gasteiger charge is -2.16. The van der Waals surface area contributed by atoms with Crippen molar-refractivity contribution < 1.29 is 32.2 Å². The van der Waals surface area contributed by atoms with Crippen molar-refractivity contribution in [2.45, 2.75) is 19.3 Å². The van der Waals surface area contributed by atoms with Gasteiger partial charge >= 0.3 is 12.3 Å². The van der Waals surface area contributed by atoms with Crippen molar-refractivity contribution in [3.63, 3.8) is 0 Å². The molecule has 0 aliphatic carbocycles. The summed E-state index contributed by atoms with van der Waals surface area (Å²) < 4.78 is 47.8. The number of hydrogen-bond acceptors (Lipinski definition) is 4. The van der Waals surface area contributed by atoms with Gasteiger partial charge in [-0.3, -0.25) is 4.79 Å². The second-order valence-corrected chi connectivity index (χ2v) is 5.59. The Bertz CT molecular complexity index is 860. The lowest BCUT2D eigenvalue weighted by Crippen LogP contribution is -2.29.